The summed E-state index contributed by atoms with van der Waals surface area (Å²) >= 11 is 0. The maximum Gasteiger partial charge on any atom is 0.211 e. The summed E-state index contributed by atoms with van der Waals surface area (Å²) in [6.07, 6.45) is 3.93. The van der Waals surface area contributed by atoms with Crippen molar-refractivity contribution >= 4 is 11.5 Å². The Balaban J connectivity index is 1.90. The van der Waals surface area contributed by atoms with Crippen LogP contribution in [-0.4, -0.2) is 23.8 Å². The van der Waals surface area contributed by atoms with Crippen molar-refractivity contribution in [3.8, 4) is 0 Å². The van der Waals surface area contributed by atoms with Crippen LogP contribution in [0, 0.1) is 0 Å². The van der Waals surface area contributed by atoms with Gasteiger partial charge < -0.3 is 16.0 Å². The lowest BCUT2D eigenvalue weighted by molar-refractivity contribution is 0.367. The first kappa shape index (κ1) is 19.0. The largest absolute Gasteiger partial charge is 0.399 e. The molecule has 5 nitrogen and oxygen atoms in total. The minimum atomic E-state index is -1.02. The molecule has 1 unspecified atom stereocenters. The number of likely N-dealkylation sites (N-methyl/N-ethyl adjacent to an activating group) is 1. The van der Waals surface area contributed by atoms with Crippen molar-refractivity contribution in [2.75, 3.05) is 18.8 Å². The fourth-order valence-corrected chi connectivity index (χ4v) is 3.36. The average Bonchev–Trinajstić information content (AvgIpc) is 2.68. The van der Waals surface area contributed by atoms with E-state index >= 15 is 0 Å². The third-order valence-electron chi connectivity index (χ3n) is 4.89. The Morgan fingerprint density at radius 2 is 1.74 bits per heavy atom. The molecule has 0 saturated carbocycles. The van der Waals surface area contributed by atoms with Crippen LogP contribution < -0.4 is 16.8 Å². The molecule has 0 aliphatic carbocycles. The zero-order valence-electron chi connectivity index (χ0n) is 16.2. The molecule has 142 valence electrons. The van der Waals surface area contributed by atoms with Crippen LogP contribution in [0.15, 0.2) is 71.4 Å². The molecule has 0 spiro atoms. The molecule has 5 heteroatoms. The maximum atomic E-state index is 6.72. The molecule has 0 aromatic heterocycles. The molecule has 2 aromatic rings. The van der Waals surface area contributed by atoms with E-state index in [1.165, 1.54) is 5.56 Å². The number of rotatable bonds is 6. The molecule has 1 aliphatic heterocycles. The van der Waals surface area contributed by atoms with Gasteiger partial charge in [-0.25, -0.2) is 4.99 Å². The third-order valence-corrected chi connectivity index (χ3v) is 4.89. The molecule has 0 amide bonds. The predicted octanol–water partition coefficient (Wildman–Crippen LogP) is 3.20. The first-order valence-corrected chi connectivity index (χ1v) is 9.56. The number of nitrogens with one attached hydrogen (secondary N) is 1. The number of aryl methyl sites for hydroxylation is 1. The molecule has 0 saturated heterocycles. The van der Waals surface area contributed by atoms with Gasteiger partial charge in [0, 0.05) is 30.0 Å². The highest BCUT2D eigenvalue weighted by molar-refractivity contribution is 5.94. The van der Waals surface area contributed by atoms with Gasteiger partial charge in [0.15, 0.2) is 0 Å². The van der Waals surface area contributed by atoms with Gasteiger partial charge in [-0.15, -0.1) is 0 Å². The number of nitrogens with two attached hydrogens (primary N) is 2. The summed E-state index contributed by atoms with van der Waals surface area (Å²) in [5.74, 6) is -0.111. The lowest BCUT2D eigenvalue weighted by Crippen LogP contribution is -2.52. The van der Waals surface area contributed by atoms with Gasteiger partial charge >= 0.3 is 0 Å². The van der Waals surface area contributed by atoms with E-state index in [4.69, 9.17) is 16.5 Å². The minimum Gasteiger partial charge on any atom is -0.399 e. The van der Waals surface area contributed by atoms with Crippen LogP contribution in [-0.2, 0) is 12.2 Å². The third kappa shape index (κ3) is 4.49. The van der Waals surface area contributed by atoms with Gasteiger partial charge in [0.2, 0.25) is 5.79 Å². The van der Waals surface area contributed by atoms with Gasteiger partial charge in [-0.05, 0) is 50.5 Å². The van der Waals surface area contributed by atoms with Crippen molar-refractivity contribution in [1.29, 1.82) is 0 Å². The fraction of sp³-hybridized carbons (Fsp3) is 0.318. The number of anilines is 1. The van der Waals surface area contributed by atoms with E-state index in [9.17, 15) is 0 Å². The molecule has 1 aliphatic rings. The predicted molar refractivity (Wildman–Crippen MR) is 113 cm³/mol. The van der Waals surface area contributed by atoms with E-state index < -0.39 is 5.79 Å². The van der Waals surface area contributed by atoms with E-state index in [0.29, 0.717) is 5.69 Å². The summed E-state index contributed by atoms with van der Waals surface area (Å²) in [4.78, 5) is 7.07. The van der Waals surface area contributed by atoms with E-state index in [0.717, 1.165) is 43.0 Å². The molecule has 1 heterocycles. The number of benzene rings is 2. The molecule has 3 rings (SSSR count). The van der Waals surface area contributed by atoms with Crippen molar-refractivity contribution in [2.45, 2.75) is 32.5 Å². The standard InChI is InChI=1S/C22H29N5/c1-3-27(4-2)21-16-20(14-13-17-9-6-5-7-10-17)25-22(24,26-21)18-11-8-12-19(23)15-18/h5-12,15-16,25H,3-4,13-14,23-24H2,1-2H3. The molecule has 2 aromatic carbocycles. The van der Waals surface area contributed by atoms with E-state index in [1.54, 1.807) is 0 Å². The smallest absolute Gasteiger partial charge is 0.211 e. The first-order valence-electron chi connectivity index (χ1n) is 9.56. The van der Waals surface area contributed by atoms with Gasteiger partial charge in [-0.2, -0.15) is 0 Å². The van der Waals surface area contributed by atoms with Gasteiger partial charge in [-0.1, -0.05) is 42.5 Å². The number of nitrogens with zero attached hydrogens (tertiary/aromatic N) is 2. The summed E-state index contributed by atoms with van der Waals surface area (Å²) < 4.78 is 0. The summed E-state index contributed by atoms with van der Waals surface area (Å²) in [7, 11) is 0. The minimum absolute atomic E-state index is 0.680. The Labute approximate surface area is 161 Å². The zero-order valence-corrected chi connectivity index (χ0v) is 16.2. The second kappa shape index (κ2) is 8.27. The molecular weight excluding hydrogens is 334 g/mol. The van der Waals surface area contributed by atoms with Crippen molar-refractivity contribution < 1.29 is 0 Å². The molecule has 5 N–H and O–H groups in total. The summed E-state index contributed by atoms with van der Waals surface area (Å²) in [6.45, 7) is 6.02. The summed E-state index contributed by atoms with van der Waals surface area (Å²) in [5, 5.41) is 3.45. The maximum absolute atomic E-state index is 6.72. The van der Waals surface area contributed by atoms with Gasteiger partial charge in [0.1, 0.15) is 5.84 Å². The van der Waals surface area contributed by atoms with Crippen molar-refractivity contribution in [1.82, 2.24) is 10.2 Å². The second-order valence-electron chi connectivity index (χ2n) is 6.81. The Bertz CT molecular complexity index is 824. The Morgan fingerprint density at radius 3 is 2.41 bits per heavy atom. The number of amidine groups is 1. The van der Waals surface area contributed by atoms with E-state index in [1.807, 2.05) is 30.3 Å². The number of hydrogen-bond donors (Lipinski definition) is 3. The number of aliphatic imine (C=N–C) groups is 1. The summed E-state index contributed by atoms with van der Waals surface area (Å²) in [6, 6.07) is 18.1. The summed E-state index contributed by atoms with van der Waals surface area (Å²) in [5.41, 5.74) is 16.6. The van der Waals surface area contributed by atoms with Crippen LogP contribution in [0.1, 0.15) is 31.4 Å². The first-order chi connectivity index (χ1) is 13.0. The second-order valence-corrected chi connectivity index (χ2v) is 6.81. The molecular formula is C22H29N5. The fourth-order valence-electron chi connectivity index (χ4n) is 3.36. The van der Waals surface area contributed by atoms with Gasteiger partial charge in [-0.3, -0.25) is 5.73 Å². The van der Waals surface area contributed by atoms with E-state index in [-0.39, 0.29) is 0 Å². The molecule has 0 radical (unpaired) electrons. The van der Waals surface area contributed by atoms with Crippen molar-refractivity contribution in [3.63, 3.8) is 0 Å². The van der Waals surface area contributed by atoms with Crippen LogP contribution in [0.3, 0.4) is 0 Å². The van der Waals surface area contributed by atoms with E-state index in [2.05, 4.69) is 54.4 Å². The quantitative estimate of drug-likeness (QED) is 0.689. The van der Waals surface area contributed by atoms with Crippen LogP contribution in [0.5, 0.6) is 0 Å². The molecule has 1 atom stereocenters. The van der Waals surface area contributed by atoms with Crippen LogP contribution in [0.4, 0.5) is 5.69 Å². The normalized spacial score (nSPS) is 19.1. The monoisotopic (exact) mass is 363 g/mol. The highest BCUT2D eigenvalue weighted by Gasteiger charge is 2.32. The lowest BCUT2D eigenvalue weighted by Gasteiger charge is -2.36. The van der Waals surface area contributed by atoms with Crippen molar-refractivity contribution in [2.24, 2.45) is 10.7 Å². The highest BCUT2D eigenvalue weighted by atomic mass is 15.3. The topological polar surface area (TPSA) is 79.7 Å². The number of allylic oxidation sites excluding steroid dienone is 1. The molecule has 27 heavy (non-hydrogen) atoms. The Hall–Kier alpha value is -2.79. The Kier molecular flexibility index (Phi) is 5.81. The van der Waals surface area contributed by atoms with Crippen LogP contribution in [0.25, 0.3) is 0 Å². The van der Waals surface area contributed by atoms with Crippen LogP contribution in [0.2, 0.25) is 0 Å². The number of nitrogen functional groups attached to an aromatic ring is 1. The van der Waals surface area contributed by atoms with Crippen molar-refractivity contribution in [3.05, 3.63) is 77.5 Å². The number of hydrogen-bond acceptors (Lipinski definition) is 5. The highest BCUT2D eigenvalue weighted by Crippen LogP contribution is 2.26. The zero-order chi connectivity index (χ0) is 19.3. The van der Waals surface area contributed by atoms with Gasteiger partial charge in [0.05, 0.1) is 0 Å². The molecule has 0 bridgehead atoms. The Morgan fingerprint density at radius 1 is 1.00 bits per heavy atom. The van der Waals surface area contributed by atoms with Crippen LogP contribution >= 0.6 is 0 Å². The lowest BCUT2D eigenvalue weighted by atomic mass is 10.0. The SMILES string of the molecule is CCN(CC)C1=NC(N)(c2cccc(N)c2)NC(CCc2ccccc2)=C1. The molecule has 0 fully saturated rings. The average molecular weight is 364 g/mol. The van der Waals surface area contributed by atoms with Gasteiger partial charge in [0.25, 0.3) is 0 Å².